The van der Waals surface area contributed by atoms with Crippen LogP contribution in [-0.2, 0) is 13.6 Å². The Morgan fingerprint density at radius 2 is 2.08 bits per heavy atom. The van der Waals surface area contributed by atoms with Gasteiger partial charge in [-0.3, -0.25) is 4.57 Å². The molecule has 0 aliphatic carbocycles. The molecule has 0 aromatic rings. The lowest BCUT2D eigenvalue weighted by Gasteiger charge is -2.17. The van der Waals surface area contributed by atoms with Gasteiger partial charge in [0.05, 0.1) is 6.10 Å². The first-order valence-corrected chi connectivity index (χ1v) is 6.32. The highest BCUT2D eigenvalue weighted by Gasteiger charge is 2.17. The van der Waals surface area contributed by atoms with Gasteiger partial charge in [0.2, 0.25) is 0 Å². The van der Waals surface area contributed by atoms with Crippen molar-refractivity contribution in [1.82, 2.24) is 0 Å². The minimum Gasteiger partial charge on any atom is -0.312 e. The number of hydrogen-bond donors (Lipinski definition) is 0. The first kappa shape index (κ1) is 12.2. The first-order chi connectivity index (χ1) is 5.52. The van der Waals surface area contributed by atoms with E-state index in [1.165, 1.54) is 13.8 Å². The van der Waals surface area contributed by atoms with Gasteiger partial charge < -0.3 is 9.05 Å². The van der Waals surface area contributed by atoms with Crippen LogP contribution in [0.25, 0.3) is 0 Å². The zero-order valence-corrected chi connectivity index (χ0v) is 9.27. The van der Waals surface area contributed by atoms with Crippen LogP contribution in [-0.4, -0.2) is 19.9 Å². The van der Waals surface area contributed by atoms with Gasteiger partial charge in [-0.1, -0.05) is 19.8 Å². The highest BCUT2D eigenvalue weighted by Crippen LogP contribution is 2.44. The normalized spacial score (nSPS) is 18.7. The molecule has 0 aromatic carbocycles. The lowest BCUT2D eigenvalue weighted by molar-refractivity contribution is 0.168. The fourth-order valence-corrected chi connectivity index (χ4v) is 1.76. The maximum atomic E-state index is 11.3. The standard InChI is InChI=1S/C8H19O3P/c1-5-6-7-8(2)11-12(4,9)10-3/h8H,5-7H2,1-4H3. The van der Waals surface area contributed by atoms with Gasteiger partial charge in [-0.05, 0) is 13.3 Å². The summed E-state index contributed by atoms with van der Waals surface area (Å²) in [7, 11) is -1.36. The minimum absolute atomic E-state index is 0.0285. The van der Waals surface area contributed by atoms with E-state index in [1.807, 2.05) is 6.92 Å². The van der Waals surface area contributed by atoms with Crippen molar-refractivity contribution < 1.29 is 13.6 Å². The average Bonchev–Trinajstić information content (AvgIpc) is 2.00. The molecule has 0 aromatic heterocycles. The molecular formula is C8H19O3P. The second-order valence-corrected chi connectivity index (χ2v) is 5.13. The molecule has 4 heteroatoms. The Labute approximate surface area is 75.0 Å². The van der Waals surface area contributed by atoms with Crippen LogP contribution < -0.4 is 0 Å². The first-order valence-electron chi connectivity index (χ1n) is 4.33. The smallest absolute Gasteiger partial charge is 0.312 e. The minimum atomic E-state index is -2.77. The Balaban J connectivity index is 3.68. The Bertz CT molecular complexity index is 158. The highest BCUT2D eigenvalue weighted by atomic mass is 31.2. The largest absolute Gasteiger partial charge is 0.327 e. The maximum absolute atomic E-state index is 11.3. The Morgan fingerprint density at radius 1 is 1.50 bits per heavy atom. The van der Waals surface area contributed by atoms with Gasteiger partial charge >= 0.3 is 7.60 Å². The highest BCUT2D eigenvalue weighted by molar-refractivity contribution is 7.52. The van der Waals surface area contributed by atoms with Gasteiger partial charge in [0.15, 0.2) is 0 Å². The molecule has 0 fully saturated rings. The molecule has 0 N–H and O–H groups in total. The molecule has 0 radical (unpaired) electrons. The summed E-state index contributed by atoms with van der Waals surface area (Å²) in [6.45, 7) is 5.54. The van der Waals surface area contributed by atoms with Gasteiger partial charge in [0.25, 0.3) is 0 Å². The van der Waals surface area contributed by atoms with E-state index in [9.17, 15) is 4.57 Å². The Hall–Kier alpha value is 0.150. The third-order valence-corrected chi connectivity index (χ3v) is 3.07. The van der Waals surface area contributed by atoms with Gasteiger partial charge in [-0.15, -0.1) is 0 Å². The Kier molecular flexibility index (Phi) is 5.81. The summed E-state index contributed by atoms with van der Waals surface area (Å²) < 4.78 is 21.3. The summed E-state index contributed by atoms with van der Waals surface area (Å²) in [6.07, 6.45) is 3.21. The number of unbranched alkanes of at least 4 members (excludes halogenated alkanes) is 1. The third-order valence-electron chi connectivity index (χ3n) is 1.67. The summed E-state index contributed by atoms with van der Waals surface area (Å²) in [5, 5.41) is 0. The lowest BCUT2D eigenvalue weighted by Crippen LogP contribution is -2.06. The van der Waals surface area contributed by atoms with Crippen LogP contribution in [0.15, 0.2) is 0 Å². The van der Waals surface area contributed by atoms with Crippen LogP contribution in [0.5, 0.6) is 0 Å². The molecule has 0 spiro atoms. The van der Waals surface area contributed by atoms with Crippen molar-refractivity contribution in [3.8, 4) is 0 Å². The van der Waals surface area contributed by atoms with E-state index >= 15 is 0 Å². The molecule has 2 atom stereocenters. The van der Waals surface area contributed by atoms with Crippen molar-refractivity contribution in [3.05, 3.63) is 0 Å². The second kappa shape index (κ2) is 5.74. The molecule has 0 aliphatic rings. The van der Waals surface area contributed by atoms with E-state index < -0.39 is 7.60 Å². The quantitative estimate of drug-likeness (QED) is 0.609. The van der Waals surface area contributed by atoms with Gasteiger partial charge in [-0.25, -0.2) is 0 Å². The number of hydrogen-bond acceptors (Lipinski definition) is 3. The summed E-state index contributed by atoms with van der Waals surface area (Å²) in [6, 6.07) is 0. The molecule has 0 saturated heterocycles. The van der Waals surface area contributed by atoms with Crippen molar-refractivity contribution in [1.29, 1.82) is 0 Å². The summed E-state index contributed by atoms with van der Waals surface area (Å²) >= 11 is 0. The fraction of sp³-hybridized carbons (Fsp3) is 1.00. The SMILES string of the molecule is CCCCC(C)OP(C)(=O)OC. The van der Waals surface area contributed by atoms with E-state index in [2.05, 4.69) is 6.92 Å². The molecule has 0 saturated carbocycles. The van der Waals surface area contributed by atoms with Crippen LogP contribution >= 0.6 is 7.60 Å². The molecule has 2 unspecified atom stereocenters. The predicted octanol–water partition coefficient (Wildman–Crippen LogP) is 3.05. The van der Waals surface area contributed by atoms with Crippen LogP contribution in [0, 0.1) is 0 Å². The molecule has 0 rings (SSSR count). The van der Waals surface area contributed by atoms with Crippen molar-refractivity contribution in [2.45, 2.75) is 39.2 Å². The molecule has 0 heterocycles. The second-order valence-electron chi connectivity index (χ2n) is 3.01. The summed E-state index contributed by atoms with van der Waals surface area (Å²) in [5.74, 6) is 0. The third kappa shape index (κ3) is 5.76. The maximum Gasteiger partial charge on any atom is 0.327 e. The molecular weight excluding hydrogens is 175 g/mol. The van der Waals surface area contributed by atoms with Crippen molar-refractivity contribution in [2.75, 3.05) is 13.8 Å². The number of rotatable bonds is 6. The van der Waals surface area contributed by atoms with Crippen LogP contribution in [0.1, 0.15) is 33.1 Å². The van der Waals surface area contributed by atoms with E-state index in [-0.39, 0.29) is 6.10 Å². The molecule has 0 bridgehead atoms. The average molecular weight is 194 g/mol. The molecule has 3 nitrogen and oxygen atoms in total. The van der Waals surface area contributed by atoms with Gasteiger partial charge in [0, 0.05) is 13.8 Å². The van der Waals surface area contributed by atoms with Gasteiger partial charge in [0.1, 0.15) is 0 Å². The molecule has 74 valence electrons. The summed E-state index contributed by atoms with van der Waals surface area (Å²) in [5.41, 5.74) is 0. The molecule has 12 heavy (non-hydrogen) atoms. The van der Waals surface area contributed by atoms with Crippen molar-refractivity contribution >= 4 is 7.60 Å². The Morgan fingerprint density at radius 3 is 2.50 bits per heavy atom. The van der Waals surface area contributed by atoms with Crippen LogP contribution in [0.2, 0.25) is 0 Å². The van der Waals surface area contributed by atoms with Gasteiger partial charge in [-0.2, -0.15) is 0 Å². The van der Waals surface area contributed by atoms with Crippen LogP contribution in [0.3, 0.4) is 0 Å². The van der Waals surface area contributed by atoms with Crippen molar-refractivity contribution in [3.63, 3.8) is 0 Å². The van der Waals surface area contributed by atoms with E-state index in [4.69, 9.17) is 9.05 Å². The lowest BCUT2D eigenvalue weighted by atomic mass is 10.2. The fourth-order valence-electron chi connectivity index (χ4n) is 0.914. The van der Waals surface area contributed by atoms with E-state index in [0.717, 1.165) is 19.3 Å². The van der Waals surface area contributed by atoms with E-state index in [1.54, 1.807) is 0 Å². The van der Waals surface area contributed by atoms with Crippen LogP contribution in [0.4, 0.5) is 0 Å². The molecule has 0 amide bonds. The predicted molar refractivity (Wildman–Crippen MR) is 50.6 cm³/mol. The molecule has 0 aliphatic heterocycles. The zero-order valence-electron chi connectivity index (χ0n) is 8.37. The van der Waals surface area contributed by atoms with Crippen molar-refractivity contribution in [2.24, 2.45) is 0 Å². The monoisotopic (exact) mass is 194 g/mol. The topological polar surface area (TPSA) is 35.5 Å². The summed E-state index contributed by atoms with van der Waals surface area (Å²) in [4.78, 5) is 0. The van der Waals surface area contributed by atoms with E-state index in [0.29, 0.717) is 0 Å². The zero-order chi connectivity index (χ0) is 9.61.